The van der Waals surface area contributed by atoms with Crippen LogP contribution in [0.1, 0.15) is 13.3 Å². The van der Waals surface area contributed by atoms with Gasteiger partial charge in [-0.05, 0) is 37.6 Å². The Balaban J connectivity index is 1.70. The number of aliphatic carboxylic acids is 1. The van der Waals surface area contributed by atoms with Crippen LogP contribution in [0.4, 0.5) is 4.79 Å². The van der Waals surface area contributed by atoms with Crippen molar-refractivity contribution in [3.63, 3.8) is 0 Å². The third-order valence-electron chi connectivity index (χ3n) is 3.98. The molecule has 0 aliphatic carbocycles. The Morgan fingerprint density at radius 3 is 2.52 bits per heavy atom. The second-order valence-electron chi connectivity index (χ2n) is 5.79. The number of carboxylic acid groups (broad SMARTS) is 1. The first-order chi connectivity index (χ1) is 10.9. The van der Waals surface area contributed by atoms with Gasteiger partial charge in [0, 0.05) is 13.1 Å². The van der Waals surface area contributed by atoms with Crippen molar-refractivity contribution < 1.29 is 24.2 Å². The molecule has 1 aliphatic heterocycles. The molecule has 1 saturated heterocycles. The third-order valence-corrected chi connectivity index (χ3v) is 3.98. The predicted molar refractivity (Wildman–Crippen MR) is 83.8 cm³/mol. The van der Waals surface area contributed by atoms with E-state index in [2.05, 4.69) is 5.32 Å². The number of carboxylic acids is 1. The van der Waals surface area contributed by atoms with Crippen molar-refractivity contribution in [2.75, 3.05) is 33.4 Å². The van der Waals surface area contributed by atoms with E-state index in [1.54, 1.807) is 38.3 Å². The van der Waals surface area contributed by atoms with Crippen molar-refractivity contribution in [3.05, 3.63) is 24.3 Å². The minimum absolute atomic E-state index is 0.230. The highest BCUT2D eigenvalue weighted by Crippen LogP contribution is 2.29. The zero-order chi connectivity index (χ0) is 16.9. The second kappa shape index (κ2) is 7.21. The van der Waals surface area contributed by atoms with Gasteiger partial charge in [-0.15, -0.1) is 0 Å². The van der Waals surface area contributed by atoms with Crippen molar-refractivity contribution in [2.24, 2.45) is 5.41 Å². The lowest BCUT2D eigenvalue weighted by molar-refractivity contribution is -0.147. The van der Waals surface area contributed by atoms with Gasteiger partial charge in [-0.1, -0.05) is 0 Å². The number of carbonyl (C=O) groups excluding carboxylic acids is 1. The average Bonchev–Trinajstić information content (AvgIpc) is 2.96. The average molecular weight is 322 g/mol. The standard InChI is InChI=1S/C16H22N2O5/c1-16(14(19)20)7-9-18(11-16)15(21)17-8-10-23-13-5-3-12(22-2)4-6-13/h3-6H,7-11H2,1-2H3,(H,17,21)(H,19,20). The van der Waals surface area contributed by atoms with Gasteiger partial charge >= 0.3 is 12.0 Å². The first-order valence-corrected chi connectivity index (χ1v) is 7.48. The zero-order valence-electron chi connectivity index (χ0n) is 13.4. The van der Waals surface area contributed by atoms with Gasteiger partial charge in [0.15, 0.2) is 0 Å². The first kappa shape index (κ1) is 16.9. The molecule has 0 bridgehead atoms. The van der Waals surface area contributed by atoms with Gasteiger partial charge < -0.3 is 24.8 Å². The van der Waals surface area contributed by atoms with Gasteiger partial charge in [-0.25, -0.2) is 4.79 Å². The summed E-state index contributed by atoms with van der Waals surface area (Å²) in [7, 11) is 1.60. The second-order valence-corrected chi connectivity index (χ2v) is 5.79. The number of hydrogen-bond acceptors (Lipinski definition) is 4. The number of amides is 2. The summed E-state index contributed by atoms with van der Waals surface area (Å²) in [4.78, 5) is 24.7. The molecule has 0 aromatic heterocycles. The maximum Gasteiger partial charge on any atom is 0.317 e. The van der Waals surface area contributed by atoms with Gasteiger partial charge in [0.2, 0.25) is 0 Å². The highest BCUT2D eigenvalue weighted by molar-refractivity contribution is 5.79. The van der Waals surface area contributed by atoms with Gasteiger partial charge in [-0.3, -0.25) is 4.79 Å². The van der Waals surface area contributed by atoms with E-state index in [0.29, 0.717) is 31.9 Å². The highest BCUT2D eigenvalue weighted by Gasteiger charge is 2.42. The number of nitrogens with one attached hydrogen (secondary N) is 1. The van der Waals surface area contributed by atoms with E-state index in [0.717, 1.165) is 5.75 Å². The molecule has 0 saturated carbocycles. The van der Waals surface area contributed by atoms with Gasteiger partial charge in [0.25, 0.3) is 0 Å². The quantitative estimate of drug-likeness (QED) is 0.776. The summed E-state index contributed by atoms with van der Waals surface area (Å²) in [6.07, 6.45) is 0.470. The van der Waals surface area contributed by atoms with Crippen molar-refractivity contribution in [3.8, 4) is 11.5 Å². The van der Waals surface area contributed by atoms with Crippen molar-refractivity contribution >= 4 is 12.0 Å². The van der Waals surface area contributed by atoms with Crippen molar-refractivity contribution in [1.82, 2.24) is 10.2 Å². The van der Waals surface area contributed by atoms with E-state index in [9.17, 15) is 9.59 Å². The van der Waals surface area contributed by atoms with Crippen molar-refractivity contribution in [2.45, 2.75) is 13.3 Å². The lowest BCUT2D eigenvalue weighted by Gasteiger charge is -2.20. The third kappa shape index (κ3) is 4.28. The number of hydrogen-bond donors (Lipinski definition) is 2. The maximum absolute atomic E-state index is 12.0. The van der Waals surface area contributed by atoms with Crippen LogP contribution in [0.25, 0.3) is 0 Å². The van der Waals surface area contributed by atoms with E-state index in [-0.39, 0.29) is 12.6 Å². The number of rotatable bonds is 6. The van der Waals surface area contributed by atoms with Crippen LogP contribution in [0, 0.1) is 5.41 Å². The molecule has 7 heteroatoms. The molecule has 1 heterocycles. The number of ether oxygens (including phenoxy) is 2. The fraction of sp³-hybridized carbons (Fsp3) is 0.500. The molecule has 1 aromatic rings. The van der Waals surface area contributed by atoms with E-state index in [4.69, 9.17) is 14.6 Å². The summed E-state index contributed by atoms with van der Waals surface area (Å²) in [6, 6.07) is 6.92. The number of carbonyl (C=O) groups is 2. The highest BCUT2D eigenvalue weighted by atomic mass is 16.5. The van der Waals surface area contributed by atoms with E-state index < -0.39 is 11.4 Å². The zero-order valence-corrected chi connectivity index (χ0v) is 13.4. The summed E-state index contributed by atoms with van der Waals surface area (Å²) in [5, 5.41) is 11.9. The first-order valence-electron chi connectivity index (χ1n) is 7.48. The monoisotopic (exact) mass is 322 g/mol. The maximum atomic E-state index is 12.0. The molecule has 1 aromatic carbocycles. The normalized spacial score (nSPS) is 20.2. The minimum atomic E-state index is -0.865. The van der Waals surface area contributed by atoms with Crippen LogP contribution >= 0.6 is 0 Å². The Bertz CT molecular complexity index is 560. The molecule has 7 nitrogen and oxygen atoms in total. The molecule has 0 radical (unpaired) electrons. The summed E-state index contributed by atoms with van der Waals surface area (Å²) >= 11 is 0. The molecule has 1 fully saturated rings. The fourth-order valence-corrected chi connectivity index (χ4v) is 2.42. The Morgan fingerprint density at radius 2 is 1.96 bits per heavy atom. The molecule has 23 heavy (non-hydrogen) atoms. The van der Waals surface area contributed by atoms with Gasteiger partial charge in [-0.2, -0.15) is 0 Å². The number of likely N-dealkylation sites (tertiary alicyclic amines) is 1. The number of nitrogens with zero attached hydrogens (tertiary/aromatic N) is 1. The van der Waals surface area contributed by atoms with E-state index in [1.807, 2.05) is 0 Å². The Morgan fingerprint density at radius 1 is 1.30 bits per heavy atom. The topological polar surface area (TPSA) is 88.1 Å². The molecule has 0 spiro atoms. The molecule has 2 N–H and O–H groups in total. The smallest absolute Gasteiger partial charge is 0.317 e. The number of urea groups is 1. The van der Waals surface area contributed by atoms with E-state index in [1.165, 1.54) is 4.90 Å². The van der Waals surface area contributed by atoms with Crippen LogP contribution in [0.2, 0.25) is 0 Å². The van der Waals surface area contributed by atoms with Crippen LogP contribution in [0.15, 0.2) is 24.3 Å². The fourth-order valence-electron chi connectivity index (χ4n) is 2.42. The molecule has 1 unspecified atom stereocenters. The SMILES string of the molecule is COc1ccc(OCCNC(=O)N2CCC(C)(C(=O)O)C2)cc1. The molecular formula is C16H22N2O5. The lowest BCUT2D eigenvalue weighted by Crippen LogP contribution is -2.42. The predicted octanol–water partition coefficient (Wildman–Crippen LogP) is 1.58. The Kier molecular flexibility index (Phi) is 5.31. The molecule has 1 aliphatic rings. The number of methoxy groups -OCH3 is 1. The largest absolute Gasteiger partial charge is 0.497 e. The molecule has 126 valence electrons. The van der Waals surface area contributed by atoms with Crippen LogP contribution in [-0.2, 0) is 4.79 Å². The summed E-state index contributed by atoms with van der Waals surface area (Å²) in [5.74, 6) is 0.580. The minimum Gasteiger partial charge on any atom is -0.497 e. The lowest BCUT2D eigenvalue weighted by atomic mass is 9.90. The van der Waals surface area contributed by atoms with Crippen LogP contribution in [0.3, 0.4) is 0 Å². The van der Waals surface area contributed by atoms with E-state index >= 15 is 0 Å². The Labute approximate surface area is 135 Å². The summed E-state index contributed by atoms with van der Waals surface area (Å²) in [5.41, 5.74) is -0.850. The van der Waals surface area contributed by atoms with Crippen LogP contribution in [-0.4, -0.2) is 55.4 Å². The molecule has 2 rings (SSSR count). The van der Waals surface area contributed by atoms with Gasteiger partial charge in [0.1, 0.15) is 18.1 Å². The molecule has 1 atom stereocenters. The van der Waals surface area contributed by atoms with Crippen LogP contribution < -0.4 is 14.8 Å². The molecular weight excluding hydrogens is 300 g/mol. The number of benzene rings is 1. The summed E-state index contributed by atoms with van der Waals surface area (Å²) in [6.45, 7) is 3.03. The Hall–Kier alpha value is -2.44. The van der Waals surface area contributed by atoms with Crippen molar-refractivity contribution in [1.29, 1.82) is 0 Å². The van der Waals surface area contributed by atoms with Gasteiger partial charge in [0.05, 0.1) is 19.1 Å². The molecule has 2 amide bonds. The summed E-state index contributed by atoms with van der Waals surface area (Å²) < 4.78 is 10.6. The van der Waals surface area contributed by atoms with Crippen LogP contribution in [0.5, 0.6) is 11.5 Å².